The average Bonchev–Trinajstić information content (AvgIpc) is 3.05. The van der Waals surface area contributed by atoms with Gasteiger partial charge in [0.15, 0.2) is 0 Å². The fourth-order valence-corrected chi connectivity index (χ4v) is 5.78. The molecule has 240 valence electrons. The standard InChI is InChI=1S/C38H46N6O2/c1-38(2,3)24-36(45)44(26-29-8-5-7-28(21-29)25-39)27-30-9-6-10-32(22-30)33-11-12-35(43-19-17-42(4)18-20-43)34(23-33)41-37(46)31-13-15-40-16-14-31/h5-16,21-23H,17-20,24-27,39H2,1-4H3,(H,41,46). The monoisotopic (exact) mass is 618 g/mol. The van der Waals surface area contributed by atoms with E-state index in [0.717, 1.165) is 65.4 Å². The van der Waals surface area contributed by atoms with Crippen LogP contribution in [0, 0.1) is 5.41 Å². The third-order valence-corrected chi connectivity index (χ3v) is 8.30. The lowest BCUT2D eigenvalue weighted by Crippen LogP contribution is -2.44. The van der Waals surface area contributed by atoms with Crippen molar-refractivity contribution in [1.82, 2.24) is 14.8 Å². The SMILES string of the molecule is CN1CCN(c2ccc(-c3cccc(CN(Cc4cccc(CN)c4)C(=O)CC(C)(C)C)c3)cc2NC(=O)c2ccncc2)CC1. The molecule has 1 aromatic heterocycles. The maximum absolute atomic E-state index is 13.6. The van der Waals surface area contributed by atoms with E-state index >= 15 is 0 Å². The quantitative estimate of drug-likeness (QED) is 0.221. The molecule has 5 rings (SSSR count). The number of aromatic nitrogens is 1. The lowest BCUT2D eigenvalue weighted by molar-refractivity contribution is -0.134. The van der Waals surface area contributed by atoms with Gasteiger partial charge in [0.2, 0.25) is 5.91 Å². The summed E-state index contributed by atoms with van der Waals surface area (Å²) in [7, 11) is 2.13. The van der Waals surface area contributed by atoms with Crippen LogP contribution in [0.2, 0.25) is 0 Å². The maximum atomic E-state index is 13.6. The summed E-state index contributed by atoms with van der Waals surface area (Å²) in [5.74, 6) is -0.0518. The highest BCUT2D eigenvalue weighted by Gasteiger charge is 2.23. The molecule has 2 heterocycles. The summed E-state index contributed by atoms with van der Waals surface area (Å²) in [6.45, 7) is 11.4. The zero-order valence-corrected chi connectivity index (χ0v) is 27.5. The number of likely N-dealkylation sites (N-methyl/N-ethyl adjacent to an activating group) is 1. The van der Waals surface area contributed by atoms with Gasteiger partial charge in [-0.25, -0.2) is 0 Å². The molecule has 8 heteroatoms. The number of nitrogens with two attached hydrogens (primary N) is 1. The first-order valence-electron chi connectivity index (χ1n) is 16.0. The van der Waals surface area contributed by atoms with Crippen molar-refractivity contribution < 1.29 is 9.59 Å². The van der Waals surface area contributed by atoms with Gasteiger partial charge in [-0.2, -0.15) is 0 Å². The molecule has 0 atom stereocenters. The number of carbonyl (C=O) groups is 2. The van der Waals surface area contributed by atoms with E-state index in [1.807, 2.05) is 23.1 Å². The molecule has 3 N–H and O–H groups in total. The fourth-order valence-electron chi connectivity index (χ4n) is 5.78. The molecule has 2 amide bonds. The Morgan fingerprint density at radius 3 is 2.13 bits per heavy atom. The molecule has 1 aliphatic rings. The van der Waals surface area contributed by atoms with Crippen molar-refractivity contribution in [3.05, 3.63) is 114 Å². The van der Waals surface area contributed by atoms with Gasteiger partial charge in [0.25, 0.3) is 5.91 Å². The first-order valence-corrected chi connectivity index (χ1v) is 16.0. The molecule has 46 heavy (non-hydrogen) atoms. The molecular weight excluding hydrogens is 572 g/mol. The number of anilines is 2. The van der Waals surface area contributed by atoms with E-state index in [2.05, 4.69) is 96.5 Å². The summed E-state index contributed by atoms with van der Waals surface area (Å²) in [5, 5.41) is 3.18. The number of rotatable bonds is 10. The summed E-state index contributed by atoms with van der Waals surface area (Å²) in [6, 6.07) is 26.2. The normalized spacial score (nSPS) is 13.8. The Morgan fingerprint density at radius 1 is 0.826 bits per heavy atom. The first kappa shape index (κ1) is 32.9. The molecule has 0 radical (unpaired) electrons. The molecule has 0 aliphatic carbocycles. The van der Waals surface area contributed by atoms with Crippen LogP contribution in [0.15, 0.2) is 91.3 Å². The number of pyridine rings is 1. The van der Waals surface area contributed by atoms with E-state index in [-0.39, 0.29) is 17.2 Å². The molecule has 0 saturated carbocycles. The van der Waals surface area contributed by atoms with E-state index < -0.39 is 0 Å². The Hall–Kier alpha value is -4.53. The molecule has 4 aromatic rings. The molecule has 8 nitrogen and oxygen atoms in total. The smallest absolute Gasteiger partial charge is 0.255 e. The van der Waals surface area contributed by atoms with Crippen molar-refractivity contribution >= 4 is 23.2 Å². The van der Waals surface area contributed by atoms with Gasteiger partial charge >= 0.3 is 0 Å². The molecule has 1 fully saturated rings. The summed E-state index contributed by atoms with van der Waals surface area (Å²) in [6.07, 6.45) is 3.71. The Bertz CT molecular complexity index is 1640. The predicted molar refractivity (Wildman–Crippen MR) is 186 cm³/mol. The zero-order valence-electron chi connectivity index (χ0n) is 27.5. The molecule has 3 aromatic carbocycles. The van der Waals surface area contributed by atoms with Gasteiger partial charge in [-0.1, -0.05) is 69.3 Å². The highest BCUT2D eigenvalue weighted by atomic mass is 16.2. The minimum atomic E-state index is -0.171. The van der Waals surface area contributed by atoms with Crippen LogP contribution in [0.25, 0.3) is 11.1 Å². The van der Waals surface area contributed by atoms with Crippen LogP contribution in [0.5, 0.6) is 0 Å². The maximum Gasteiger partial charge on any atom is 0.255 e. The zero-order chi connectivity index (χ0) is 32.7. The summed E-state index contributed by atoms with van der Waals surface area (Å²) < 4.78 is 0. The Labute approximate surface area is 273 Å². The van der Waals surface area contributed by atoms with Crippen molar-refractivity contribution in [2.45, 2.75) is 46.8 Å². The number of piperazine rings is 1. The number of hydrogen-bond donors (Lipinski definition) is 2. The van der Waals surface area contributed by atoms with Gasteiger partial charge in [-0.15, -0.1) is 0 Å². The lowest BCUT2D eigenvalue weighted by atomic mass is 9.91. The van der Waals surface area contributed by atoms with E-state index in [0.29, 0.717) is 31.6 Å². The molecule has 1 saturated heterocycles. The van der Waals surface area contributed by atoms with Gasteiger partial charge in [0.1, 0.15) is 0 Å². The summed E-state index contributed by atoms with van der Waals surface area (Å²) in [5.41, 5.74) is 13.3. The third kappa shape index (κ3) is 8.80. The minimum Gasteiger partial charge on any atom is -0.367 e. The third-order valence-electron chi connectivity index (χ3n) is 8.30. The highest BCUT2D eigenvalue weighted by Crippen LogP contribution is 2.33. The van der Waals surface area contributed by atoms with E-state index in [9.17, 15) is 9.59 Å². The molecule has 1 aliphatic heterocycles. The number of hydrogen-bond acceptors (Lipinski definition) is 6. The van der Waals surface area contributed by atoms with Crippen molar-refractivity contribution in [1.29, 1.82) is 0 Å². The predicted octanol–water partition coefficient (Wildman–Crippen LogP) is 6.18. The van der Waals surface area contributed by atoms with Crippen LogP contribution in [0.4, 0.5) is 11.4 Å². The van der Waals surface area contributed by atoms with Crippen molar-refractivity contribution in [3.8, 4) is 11.1 Å². The van der Waals surface area contributed by atoms with E-state index in [1.165, 1.54) is 0 Å². The molecule has 0 bridgehead atoms. The average molecular weight is 619 g/mol. The number of amides is 2. The lowest BCUT2D eigenvalue weighted by Gasteiger charge is -2.35. The molecule has 0 unspecified atom stereocenters. The summed E-state index contributed by atoms with van der Waals surface area (Å²) in [4.78, 5) is 37.5. The van der Waals surface area contributed by atoms with Crippen LogP contribution < -0.4 is 16.0 Å². The first-order chi connectivity index (χ1) is 22.1. The largest absolute Gasteiger partial charge is 0.367 e. The number of benzene rings is 3. The van der Waals surface area contributed by atoms with Gasteiger partial charge < -0.3 is 25.8 Å². The summed E-state index contributed by atoms with van der Waals surface area (Å²) >= 11 is 0. The van der Waals surface area contributed by atoms with Crippen LogP contribution in [-0.2, 0) is 24.4 Å². The molecular formula is C38H46N6O2. The number of nitrogens with one attached hydrogen (secondary N) is 1. The Morgan fingerprint density at radius 2 is 1.46 bits per heavy atom. The van der Waals surface area contributed by atoms with Crippen molar-refractivity contribution in [3.63, 3.8) is 0 Å². The fraction of sp³-hybridized carbons (Fsp3) is 0.342. The highest BCUT2D eigenvalue weighted by molar-refractivity contribution is 6.06. The topological polar surface area (TPSA) is 94.8 Å². The van der Waals surface area contributed by atoms with Crippen molar-refractivity contribution in [2.75, 3.05) is 43.4 Å². The van der Waals surface area contributed by atoms with Gasteiger partial charge in [0, 0.05) is 70.2 Å². The second-order valence-electron chi connectivity index (χ2n) is 13.4. The van der Waals surface area contributed by atoms with Crippen LogP contribution in [0.1, 0.15) is 54.2 Å². The Kier molecular flexibility index (Phi) is 10.5. The van der Waals surface area contributed by atoms with Crippen molar-refractivity contribution in [2.24, 2.45) is 11.1 Å². The Balaban J connectivity index is 1.44. The van der Waals surface area contributed by atoms with Crippen LogP contribution in [0.3, 0.4) is 0 Å². The van der Waals surface area contributed by atoms with Gasteiger partial charge in [0.05, 0.1) is 11.4 Å². The van der Waals surface area contributed by atoms with Crippen LogP contribution in [-0.4, -0.2) is 59.8 Å². The second kappa shape index (κ2) is 14.7. The van der Waals surface area contributed by atoms with Gasteiger partial charge in [-0.05, 0) is 70.6 Å². The van der Waals surface area contributed by atoms with Crippen LogP contribution >= 0.6 is 0 Å². The number of carbonyl (C=O) groups excluding carboxylic acids is 2. The second-order valence-corrected chi connectivity index (χ2v) is 13.4. The minimum absolute atomic E-state index is 0.119. The van der Waals surface area contributed by atoms with Gasteiger partial charge in [-0.3, -0.25) is 14.6 Å². The van der Waals surface area contributed by atoms with E-state index in [4.69, 9.17) is 5.73 Å². The molecule has 0 spiro atoms. The number of nitrogens with zero attached hydrogens (tertiary/aromatic N) is 4. The van der Waals surface area contributed by atoms with E-state index in [1.54, 1.807) is 24.5 Å².